The Labute approximate surface area is 177 Å². The molecule has 2 aromatic rings. The van der Waals surface area contributed by atoms with E-state index in [0.717, 1.165) is 35.7 Å². The highest BCUT2D eigenvalue weighted by atomic mass is 35.5. The molecular formula is C21H25ClN4OS. The third-order valence-electron chi connectivity index (χ3n) is 3.80. The van der Waals surface area contributed by atoms with Crippen molar-refractivity contribution in [1.29, 1.82) is 0 Å². The molecule has 2 N–H and O–H groups in total. The summed E-state index contributed by atoms with van der Waals surface area (Å²) in [4.78, 5) is 2.11. The van der Waals surface area contributed by atoms with Crippen molar-refractivity contribution in [2.24, 2.45) is 5.10 Å². The van der Waals surface area contributed by atoms with Gasteiger partial charge in [-0.25, -0.2) is 0 Å². The topological polar surface area (TPSA) is 48.9 Å². The second kappa shape index (κ2) is 11.4. The summed E-state index contributed by atoms with van der Waals surface area (Å²) >= 11 is 11.2. The zero-order valence-electron chi connectivity index (χ0n) is 16.3. The molecule has 0 fully saturated rings. The fourth-order valence-corrected chi connectivity index (χ4v) is 2.53. The highest BCUT2D eigenvalue weighted by molar-refractivity contribution is 7.80. The van der Waals surface area contributed by atoms with Crippen LogP contribution in [0.25, 0.3) is 6.08 Å². The molecule has 0 heterocycles. The van der Waals surface area contributed by atoms with E-state index >= 15 is 0 Å². The summed E-state index contributed by atoms with van der Waals surface area (Å²) in [6.45, 7) is 0.880. The fourth-order valence-electron chi connectivity index (χ4n) is 2.24. The first-order valence-corrected chi connectivity index (χ1v) is 9.61. The zero-order valence-corrected chi connectivity index (χ0v) is 17.8. The molecule has 0 unspecified atom stereocenters. The lowest BCUT2D eigenvalue weighted by Gasteiger charge is -2.11. The molecule has 2 rings (SSSR count). The number of allylic oxidation sites excluding steroid dienone is 1. The molecule has 5 nitrogen and oxygen atoms in total. The van der Waals surface area contributed by atoms with Crippen molar-refractivity contribution in [2.75, 3.05) is 33.1 Å². The summed E-state index contributed by atoms with van der Waals surface area (Å²) in [5.74, 6) is 0.832. The predicted molar refractivity (Wildman–Crippen MR) is 123 cm³/mol. The van der Waals surface area contributed by atoms with Gasteiger partial charge in [0.05, 0.1) is 12.8 Å². The van der Waals surface area contributed by atoms with E-state index in [1.54, 1.807) is 19.2 Å². The normalized spacial score (nSPS) is 11.7. The maximum Gasteiger partial charge on any atom is 0.191 e. The molecule has 0 aromatic heterocycles. The fraction of sp³-hybridized carbons (Fsp3) is 0.238. The van der Waals surface area contributed by atoms with Gasteiger partial charge in [0, 0.05) is 23.7 Å². The van der Waals surface area contributed by atoms with Crippen molar-refractivity contribution in [3.05, 3.63) is 65.2 Å². The average Bonchev–Trinajstić information content (AvgIpc) is 2.69. The molecule has 0 aliphatic heterocycles. The van der Waals surface area contributed by atoms with Crippen LogP contribution < -0.4 is 15.5 Å². The van der Waals surface area contributed by atoms with Crippen molar-refractivity contribution in [3.8, 4) is 5.75 Å². The second-order valence-corrected chi connectivity index (χ2v) is 7.18. The van der Waals surface area contributed by atoms with Gasteiger partial charge in [0.2, 0.25) is 0 Å². The summed E-state index contributed by atoms with van der Waals surface area (Å²) in [6.07, 6.45) is 4.80. The first-order chi connectivity index (χ1) is 13.5. The molecule has 0 saturated heterocycles. The van der Waals surface area contributed by atoms with Gasteiger partial charge in [0.1, 0.15) is 5.75 Å². The predicted octanol–water partition coefficient (Wildman–Crippen LogP) is 4.66. The van der Waals surface area contributed by atoms with Crippen LogP contribution in [0.5, 0.6) is 5.75 Å². The molecule has 0 bridgehead atoms. The summed E-state index contributed by atoms with van der Waals surface area (Å²) < 4.78 is 5.19. The maximum absolute atomic E-state index is 5.90. The van der Waals surface area contributed by atoms with Gasteiger partial charge in [0.25, 0.3) is 0 Å². The number of ether oxygens (including phenoxy) is 1. The number of benzene rings is 2. The quantitative estimate of drug-likeness (QED) is 0.372. The molecule has 0 radical (unpaired) electrons. The van der Waals surface area contributed by atoms with E-state index in [1.165, 1.54) is 0 Å². The molecule has 0 aliphatic carbocycles. The summed E-state index contributed by atoms with van der Waals surface area (Å²) in [5.41, 5.74) is 5.72. The molecule has 2 aromatic carbocycles. The smallest absolute Gasteiger partial charge is 0.191 e. The SMILES string of the molecule is COc1ccc(/C=C/C(CCN(C)C)=N/NC(=S)Nc2ccc(Cl)cc2)cc1. The highest BCUT2D eigenvalue weighted by Crippen LogP contribution is 2.14. The Kier molecular flexibility index (Phi) is 8.94. The Morgan fingerprint density at radius 1 is 1.14 bits per heavy atom. The van der Waals surface area contributed by atoms with Crippen molar-refractivity contribution >= 4 is 46.4 Å². The Morgan fingerprint density at radius 2 is 1.82 bits per heavy atom. The molecule has 0 atom stereocenters. The molecule has 0 spiro atoms. The van der Waals surface area contributed by atoms with Crippen LogP contribution in [-0.2, 0) is 0 Å². The van der Waals surface area contributed by atoms with Crippen LogP contribution in [0.15, 0.2) is 59.7 Å². The van der Waals surface area contributed by atoms with Crippen LogP contribution in [0, 0.1) is 0 Å². The number of thiocarbonyl (C=S) groups is 1. The summed E-state index contributed by atoms with van der Waals surface area (Å²) in [6, 6.07) is 15.2. The number of nitrogens with one attached hydrogen (secondary N) is 2. The lowest BCUT2D eigenvalue weighted by atomic mass is 10.1. The lowest BCUT2D eigenvalue weighted by Crippen LogP contribution is -2.25. The molecule has 0 amide bonds. The van der Waals surface area contributed by atoms with E-state index in [0.29, 0.717) is 10.1 Å². The van der Waals surface area contributed by atoms with E-state index in [2.05, 4.69) is 20.7 Å². The molecule has 0 saturated carbocycles. The van der Waals surface area contributed by atoms with Crippen LogP contribution in [0.3, 0.4) is 0 Å². The monoisotopic (exact) mass is 416 g/mol. The van der Waals surface area contributed by atoms with Crippen molar-refractivity contribution in [1.82, 2.24) is 10.3 Å². The number of hydrogen-bond acceptors (Lipinski definition) is 4. The first-order valence-electron chi connectivity index (χ1n) is 8.82. The second-order valence-electron chi connectivity index (χ2n) is 6.34. The Balaban J connectivity index is 2.02. The van der Waals surface area contributed by atoms with Crippen LogP contribution in [0.1, 0.15) is 12.0 Å². The van der Waals surface area contributed by atoms with Crippen molar-refractivity contribution < 1.29 is 4.74 Å². The third-order valence-corrected chi connectivity index (χ3v) is 4.25. The van der Waals surface area contributed by atoms with Gasteiger partial charge < -0.3 is 15.0 Å². The number of hydrogen-bond donors (Lipinski definition) is 2. The van der Waals surface area contributed by atoms with Crippen LogP contribution in [-0.4, -0.2) is 43.5 Å². The molecule has 0 aliphatic rings. The Morgan fingerprint density at radius 3 is 2.43 bits per heavy atom. The van der Waals surface area contributed by atoms with Crippen LogP contribution in [0.2, 0.25) is 5.02 Å². The third kappa shape index (κ3) is 8.08. The van der Waals surface area contributed by atoms with Gasteiger partial charge in [-0.05, 0) is 74.4 Å². The Bertz CT molecular complexity index is 817. The first kappa shape index (κ1) is 21.9. The van der Waals surface area contributed by atoms with Crippen LogP contribution in [0.4, 0.5) is 5.69 Å². The van der Waals surface area contributed by atoms with Gasteiger partial charge in [-0.1, -0.05) is 29.8 Å². The van der Waals surface area contributed by atoms with E-state index in [9.17, 15) is 0 Å². The minimum Gasteiger partial charge on any atom is -0.497 e. The van der Waals surface area contributed by atoms with E-state index < -0.39 is 0 Å². The summed E-state index contributed by atoms with van der Waals surface area (Å²) in [5, 5.41) is 8.64. The molecular weight excluding hydrogens is 392 g/mol. The molecule has 28 heavy (non-hydrogen) atoms. The number of nitrogens with zero attached hydrogens (tertiary/aromatic N) is 2. The average molecular weight is 417 g/mol. The zero-order chi connectivity index (χ0) is 20.4. The lowest BCUT2D eigenvalue weighted by molar-refractivity contribution is 0.415. The van der Waals surface area contributed by atoms with Gasteiger partial charge in [-0.3, -0.25) is 5.43 Å². The van der Waals surface area contributed by atoms with Gasteiger partial charge >= 0.3 is 0 Å². The number of hydrazone groups is 1. The maximum atomic E-state index is 5.90. The van der Waals surface area contributed by atoms with E-state index in [1.807, 2.05) is 62.6 Å². The number of anilines is 1. The van der Waals surface area contributed by atoms with Gasteiger partial charge in [0.15, 0.2) is 5.11 Å². The molecule has 7 heteroatoms. The van der Waals surface area contributed by atoms with E-state index in [4.69, 9.17) is 28.6 Å². The number of rotatable bonds is 8. The van der Waals surface area contributed by atoms with Gasteiger partial charge in [-0.15, -0.1) is 0 Å². The van der Waals surface area contributed by atoms with Crippen molar-refractivity contribution in [2.45, 2.75) is 6.42 Å². The van der Waals surface area contributed by atoms with Gasteiger partial charge in [-0.2, -0.15) is 5.10 Å². The minimum atomic E-state index is 0.419. The van der Waals surface area contributed by atoms with Crippen molar-refractivity contribution in [3.63, 3.8) is 0 Å². The van der Waals surface area contributed by atoms with Crippen LogP contribution >= 0.6 is 23.8 Å². The number of methoxy groups -OCH3 is 1. The van der Waals surface area contributed by atoms with E-state index in [-0.39, 0.29) is 0 Å². The largest absolute Gasteiger partial charge is 0.497 e. The summed E-state index contributed by atoms with van der Waals surface area (Å²) in [7, 11) is 5.72. The standard InChI is InChI=1S/C21H25ClN4OS/c1-26(2)15-14-19(9-4-16-5-12-20(27-3)13-6-16)24-25-21(28)23-18-10-7-17(22)8-11-18/h4-13H,14-15H2,1-3H3,(H2,23,25,28)/b9-4+,24-19-. The number of halogens is 1. The minimum absolute atomic E-state index is 0.419. The highest BCUT2D eigenvalue weighted by Gasteiger charge is 2.01. The molecule has 148 valence electrons. The Hall–Kier alpha value is -2.41.